The van der Waals surface area contributed by atoms with Crippen LogP contribution in [-0.2, 0) is 6.54 Å². The number of nitrogens with zero attached hydrogens (tertiary/aromatic N) is 1. The summed E-state index contributed by atoms with van der Waals surface area (Å²) >= 11 is 0. The van der Waals surface area contributed by atoms with Crippen molar-refractivity contribution in [3.63, 3.8) is 0 Å². The van der Waals surface area contributed by atoms with Crippen LogP contribution in [0.4, 0.5) is 5.69 Å². The summed E-state index contributed by atoms with van der Waals surface area (Å²) in [7, 11) is 0. The highest BCUT2D eigenvalue weighted by atomic mass is 16.6. The number of hydrogen-bond acceptors (Lipinski definition) is 3. The molecule has 0 spiro atoms. The van der Waals surface area contributed by atoms with Gasteiger partial charge in [-0.2, -0.15) is 0 Å². The molecule has 0 radical (unpaired) electrons. The number of aryl methyl sites for hydroxylation is 1. The normalized spacial score (nSPS) is 9.38. The minimum atomic E-state index is -0.366. The van der Waals surface area contributed by atoms with Crippen molar-refractivity contribution in [1.29, 1.82) is 0 Å². The molecule has 0 aliphatic carbocycles. The molecule has 1 rings (SSSR count). The lowest BCUT2D eigenvalue weighted by molar-refractivity contribution is -0.385. The van der Waals surface area contributed by atoms with Gasteiger partial charge in [-0.15, -0.1) is 5.92 Å². The molecule has 0 saturated carbocycles. The van der Waals surface area contributed by atoms with Gasteiger partial charge in [0.05, 0.1) is 11.5 Å². The molecule has 0 aliphatic rings. The minimum absolute atomic E-state index is 0.164. The largest absolute Gasteiger partial charge is 0.302 e. The van der Waals surface area contributed by atoms with Crippen LogP contribution in [0.25, 0.3) is 0 Å². The van der Waals surface area contributed by atoms with Crippen molar-refractivity contribution in [3.8, 4) is 11.8 Å². The average molecular weight is 218 g/mol. The van der Waals surface area contributed by atoms with E-state index in [9.17, 15) is 10.1 Å². The van der Waals surface area contributed by atoms with Crippen molar-refractivity contribution in [2.45, 2.75) is 20.4 Å². The second-order valence-corrected chi connectivity index (χ2v) is 3.41. The van der Waals surface area contributed by atoms with E-state index in [1.807, 2.05) is 6.07 Å². The molecular weight excluding hydrogens is 204 g/mol. The number of hydrogen-bond donors (Lipinski definition) is 1. The maximum Gasteiger partial charge on any atom is 0.272 e. The second-order valence-electron chi connectivity index (χ2n) is 3.41. The van der Waals surface area contributed by atoms with Gasteiger partial charge in [0.15, 0.2) is 0 Å². The third-order valence-electron chi connectivity index (χ3n) is 2.18. The van der Waals surface area contributed by atoms with Gasteiger partial charge < -0.3 is 5.32 Å². The molecule has 0 fully saturated rings. The second kappa shape index (κ2) is 5.89. The molecule has 0 aromatic heterocycles. The van der Waals surface area contributed by atoms with Crippen LogP contribution >= 0.6 is 0 Å². The van der Waals surface area contributed by atoms with Crippen LogP contribution in [0.1, 0.15) is 18.1 Å². The van der Waals surface area contributed by atoms with E-state index >= 15 is 0 Å². The fourth-order valence-corrected chi connectivity index (χ4v) is 1.39. The van der Waals surface area contributed by atoms with Crippen LogP contribution in [0.3, 0.4) is 0 Å². The summed E-state index contributed by atoms with van der Waals surface area (Å²) in [5, 5.41) is 13.7. The van der Waals surface area contributed by atoms with Crippen molar-refractivity contribution >= 4 is 5.69 Å². The van der Waals surface area contributed by atoms with Gasteiger partial charge in [0.2, 0.25) is 0 Å². The molecular formula is C12H14N2O2. The summed E-state index contributed by atoms with van der Waals surface area (Å²) in [6.07, 6.45) is 0. The monoisotopic (exact) mass is 218 g/mol. The molecule has 84 valence electrons. The number of nitro groups is 1. The topological polar surface area (TPSA) is 55.2 Å². The van der Waals surface area contributed by atoms with E-state index in [1.165, 1.54) is 6.07 Å². The molecule has 16 heavy (non-hydrogen) atoms. The van der Waals surface area contributed by atoms with Crippen LogP contribution in [0.15, 0.2) is 18.2 Å². The summed E-state index contributed by atoms with van der Waals surface area (Å²) in [5.41, 5.74) is 1.88. The zero-order valence-electron chi connectivity index (χ0n) is 9.41. The van der Waals surface area contributed by atoms with E-state index in [2.05, 4.69) is 17.2 Å². The maximum absolute atomic E-state index is 10.6. The standard InChI is InChI=1S/C12H14N2O2/c1-3-4-7-13-9-11-5-6-12(14(15)16)10(2)8-11/h5-6,8,13H,7,9H2,1-2H3. The third-order valence-corrected chi connectivity index (χ3v) is 2.18. The first kappa shape index (κ1) is 12.2. The fraction of sp³-hybridized carbons (Fsp3) is 0.333. The highest BCUT2D eigenvalue weighted by Gasteiger charge is 2.09. The third kappa shape index (κ3) is 3.37. The Morgan fingerprint density at radius 3 is 2.81 bits per heavy atom. The number of rotatable bonds is 4. The van der Waals surface area contributed by atoms with Gasteiger partial charge in [-0.05, 0) is 25.5 Å². The Bertz CT molecular complexity index is 444. The summed E-state index contributed by atoms with van der Waals surface area (Å²) in [4.78, 5) is 10.2. The predicted octanol–water partition coefficient (Wildman–Crippen LogP) is 2.02. The van der Waals surface area contributed by atoms with Crippen molar-refractivity contribution in [2.24, 2.45) is 0 Å². The quantitative estimate of drug-likeness (QED) is 0.364. The lowest BCUT2D eigenvalue weighted by Gasteiger charge is -2.03. The SMILES string of the molecule is CC#CCNCc1ccc([N+](=O)[O-])c(C)c1. The van der Waals surface area contributed by atoms with Crippen molar-refractivity contribution in [2.75, 3.05) is 6.54 Å². The Balaban J connectivity index is 2.65. The van der Waals surface area contributed by atoms with E-state index in [-0.39, 0.29) is 10.6 Å². The number of nitrogens with one attached hydrogen (secondary N) is 1. The molecule has 1 N–H and O–H groups in total. The first-order valence-electron chi connectivity index (χ1n) is 4.99. The first-order chi connectivity index (χ1) is 7.65. The Morgan fingerprint density at radius 2 is 2.25 bits per heavy atom. The molecule has 4 heteroatoms. The first-order valence-corrected chi connectivity index (χ1v) is 4.99. The van der Waals surface area contributed by atoms with Crippen molar-refractivity contribution in [3.05, 3.63) is 39.4 Å². The van der Waals surface area contributed by atoms with Crippen LogP contribution in [0.5, 0.6) is 0 Å². The minimum Gasteiger partial charge on any atom is -0.302 e. The molecule has 0 bridgehead atoms. The maximum atomic E-state index is 10.6. The van der Waals surface area contributed by atoms with E-state index in [4.69, 9.17) is 0 Å². The van der Waals surface area contributed by atoms with Gasteiger partial charge in [-0.1, -0.05) is 12.0 Å². The van der Waals surface area contributed by atoms with Crippen molar-refractivity contribution in [1.82, 2.24) is 5.32 Å². The predicted molar refractivity (Wildman–Crippen MR) is 63.0 cm³/mol. The van der Waals surface area contributed by atoms with Crippen LogP contribution in [0.2, 0.25) is 0 Å². The van der Waals surface area contributed by atoms with E-state index in [0.717, 1.165) is 5.56 Å². The lowest BCUT2D eigenvalue weighted by atomic mass is 10.1. The smallest absolute Gasteiger partial charge is 0.272 e. The Morgan fingerprint density at radius 1 is 1.50 bits per heavy atom. The molecule has 0 heterocycles. The Hall–Kier alpha value is -1.86. The molecule has 0 aliphatic heterocycles. The summed E-state index contributed by atoms with van der Waals surface area (Å²) < 4.78 is 0. The number of benzene rings is 1. The van der Waals surface area contributed by atoms with Crippen LogP contribution in [0, 0.1) is 28.9 Å². The van der Waals surface area contributed by atoms with Crippen molar-refractivity contribution < 1.29 is 4.92 Å². The Labute approximate surface area is 94.8 Å². The highest BCUT2D eigenvalue weighted by Crippen LogP contribution is 2.18. The van der Waals surface area contributed by atoms with E-state index in [0.29, 0.717) is 18.7 Å². The molecule has 0 unspecified atom stereocenters. The number of nitro benzene ring substituents is 1. The zero-order chi connectivity index (χ0) is 12.0. The highest BCUT2D eigenvalue weighted by molar-refractivity contribution is 5.41. The average Bonchev–Trinajstić information content (AvgIpc) is 2.24. The summed E-state index contributed by atoms with van der Waals surface area (Å²) in [6, 6.07) is 5.12. The van der Waals surface area contributed by atoms with Gasteiger partial charge in [-0.25, -0.2) is 0 Å². The van der Waals surface area contributed by atoms with E-state index in [1.54, 1.807) is 19.9 Å². The molecule has 1 aromatic carbocycles. The molecule has 4 nitrogen and oxygen atoms in total. The molecule has 0 atom stereocenters. The lowest BCUT2D eigenvalue weighted by Crippen LogP contribution is -2.13. The Kier molecular flexibility index (Phi) is 4.49. The van der Waals surface area contributed by atoms with Gasteiger partial charge >= 0.3 is 0 Å². The summed E-state index contributed by atoms with van der Waals surface area (Å²) in [6.45, 7) is 4.84. The van der Waals surface area contributed by atoms with Crippen LogP contribution < -0.4 is 5.32 Å². The zero-order valence-corrected chi connectivity index (χ0v) is 9.41. The fourth-order valence-electron chi connectivity index (χ4n) is 1.39. The van der Waals surface area contributed by atoms with E-state index < -0.39 is 0 Å². The molecule has 0 amide bonds. The summed E-state index contributed by atoms with van der Waals surface area (Å²) in [5.74, 6) is 5.68. The van der Waals surface area contributed by atoms with Crippen LogP contribution in [-0.4, -0.2) is 11.5 Å². The van der Waals surface area contributed by atoms with Gasteiger partial charge in [0, 0.05) is 18.2 Å². The molecule has 1 aromatic rings. The molecule has 0 saturated heterocycles. The van der Waals surface area contributed by atoms with Gasteiger partial charge in [0.25, 0.3) is 5.69 Å². The van der Waals surface area contributed by atoms with Gasteiger partial charge in [-0.3, -0.25) is 10.1 Å². The van der Waals surface area contributed by atoms with Gasteiger partial charge in [0.1, 0.15) is 0 Å².